The van der Waals surface area contributed by atoms with Crippen molar-refractivity contribution in [1.29, 1.82) is 0 Å². The van der Waals surface area contributed by atoms with E-state index in [9.17, 15) is 29.3 Å². The molecule has 0 aromatic heterocycles. The molecule has 1 fully saturated rings. The molecule has 2 aromatic rings. The van der Waals surface area contributed by atoms with Crippen LogP contribution in [0.5, 0.6) is 5.75 Å². The molecular weight excluding hydrogens is 615 g/mol. The monoisotopic (exact) mass is 647 g/mol. The van der Waals surface area contributed by atoms with Gasteiger partial charge in [-0.2, -0.15) is 0 Å². The normalized spacial score (nSPS) is 17.4. The maximum Gasteiger partial charge on any atom is 0.397 e. The van der Waals surface area contributed by atoms with Crippen molar-refractivity contribution in [3.63, 3.8) is 0 Å². The Hall–Kier alpha value is -3.66. The fourth-order valence-corrected chi connectivity index (χ4v) is 6.86. The average Bonchev–Trinajstić information content (AvgIpc) is 2.91. The van der Waals surface area contributed by atoms with Crippen LogP contribution >= 0.6 is 24.0 Å². The van der Waals surface area contributed by atoms with Crippen LogP contribution in [0.3, 0.4) is 0 Å². The van der Waals surface area contributed by atoms with Crippen LogP contribution < -0.4 is 10.5 Å². The maximum absolute atomic E-state index is 13.3. The molecule has 1 heterocycles. The molecule has 43 heavy (non-hydrogen) atoms. The molecule has 0 aliphatic carbocycles. The number of ether oxygens (including phenoxy) is 2. The van der Waals surface area contributed by atoms with Crippen molar-refractivity contribution >= 4 is 66.1 Å². The molecule has 0 unspecified atom stereocenters. The van der Waals surface area contributed by atoms with E-state index in [0.717, 1.165) is 16.7 Å². The minimum absolute atomic E-state index is 0.0362. The fourth-order valence-electron chi connectivity index (χ4n) is 3.90. The molecule has 0 spiro atoms. The van der Waals surface area contributed by atoms with Crippen LogP contribution in [0.1, 0.15) is 43.6 Å². The lowest BCUT2D eigenvalue weighted by Crippen LogP contribution is -2.67. The summed E-state index contributed by atoms with van der Waals surface area (Å²) in [6.07, 6.45) is -0.608. The molecule has 3 rings (SSSR count). The number of nitro benzene ring substituents is 1. The van der Waals surface area contributed by atoms with Crippen LogP contribution in [0.25, 0.3) is 0 Å². The van der Waals surface area contributed by atoms with Crippen molar-refractivity contribution in [3.8, 4) is 5.75 Å². The molecule has 1 saturated heterocycles. The van der Waals surface area contributed by atoms with Crippen LogP contribution in [0, 0.1) is 16.0 Å². The Bertz CT molecular complexity index is 1430. The van der Waals surface area contributed by atoms with E-state index in [2.05, 4.69) is 20.8 Å². The maximum atomic E-state index is 13.3. The molecule has 230 valence electrons. The molecule has 0 radical (unpaired) electrons. The molecule has 3 amide bonds. The zero-order valence-electron chi connectivity index (χ0n) is 24.5. The summed E-state index contributed by atoms with van der Waals surface area (Å²) in [5.41, 5.74) is 5.82. The topological polar surface area (TPSA) is 168 Å². The first-order chi connectivity index (χ1) is 19.9. The molecule has 2 N–H and O–H groups in total. The summed E-state index contributed by atoms with van der Waals surface area (Å²) < 4.78 is 17.2. The summed E-state index contributed by atoms with van der Waals surface area (Å²) in [5.74, 6) is -4.20. The number of hydrogen-bond acceptors (Lipinski definition) is 11. The fraction of sp³-hybridized carbons (Fsp3) is 0.393. The van der Waals surface area contributed by atoms with Crippen molar-refractivity contribution < 1.29 is 38.0 Å². The summed E-state index contributed by atoms with van der Waals surface area (Å²) in [6.45, 7) is 11.7. The number of thiocarbonyl (C=S) groups is 1. The van der Waals surface area contributed by atoms with Crippen molar-refractivity contribution in [2.45, 2.75) is 63.9 Å². The predicted molar refractivity (Wildman–Crippen MR) is 166 cm³/mol. The SMILES string of the molecule is C[C@@H](O[Si](C)(C)C(C)(C)C)[C@H]1C(=O)N(C(=O)C(=O)OCc2ccc([N+](=O)[O-])cc2)[C@@H]1SC(=S)Oc1ccc(C(N)=O)cc1. The Morgan fingerprint density at radius 2 is 1.70 bits per heavy atom. The number of esters is 1. The van der Waals surface area contributed by atoms with Gasteiger partial charge in [0.1, 0.15) is 17.7 Å². The van der Waals surface area contributed by atoms with Gasteiger partial charge in [-0.15, -0.1) is 0 Å². The average molecular weight is 648 g/mol. The van der Waals surface area contributed by atoms with Crippen LogP contribution in [0.15, 0.2) is 48.5 Å². The summed E-state index contributed by atoms with van der Waals surface area (Å²) >= 11 is 6.30. The number of nitro groups is 1. The van der Waals surface area contributed by atoms with Gasteiger partial charge in [-0.05, 0) is 91.0 Å². The van der Waals surface area contributed by atoms with E-state index in [0.29, 0.717) is 11.3 Å². The number of β-lactam (4-membered cyclic amide) rings is 1. The number of primary amides is 1. The lowest BCUT2D eigenvalue weighted by molar-refractivity contribution is -0.384. The summed E-state index contributed by atoms with van der Waals surface area (Å²) in [7, 11) is -2.32. The Labute approximate surface area is 259 Å². The minimum atomic E-state index is -2.32. The third-order valence-electron chi connectivity index (χ3n) is 7.34. The number of carbonyl (C=O) groups is 4. The first kappa shape index (κ1) is 33.8. The van der Waals surface area contributed by atoms with Gasteiger partial charge in [0.25, 0.3) is 5.69 Å². The van der Waals surface area contributed by atoms with Crippen LogP contribution in [0.2, 0.25) is 18.1 Å². The number of benzene rings is 2. The molecule has 15 heteroatoms. The Balaban J connectivity index is 1.77. The molecule has 0 saturated carbocycles. The van der Waals surface area contributed by atoms with Crippen LogP contribution in [0.4, 0.5) is 5.69 Å². The second-order valence-corrected chi connectivity index (χ2v) is 17.8. The minimum Gasteiger partial charge on any atom is -0.454 e. The van der Waals surface area contributed by atoms with E-state index >= 15 is 0 Å². The van der Waals surface area contributed by atoms with Gasteiger partial charge in [0, 0.05) is 17.7 Å². The second kappa shape index (κ2) is 13.3. The number of rotatable bonds is 9. The lowest BCUT2D eigenvalue weighted by Gasteiger charge is -2.49. The predicted octanol–water partition coefficient (Wildman–Crippen LogP) is 4.56. The van der Waals surface area contributed by atoms with Gasteiger partial charge in [-0.25, -0.2) is 4.79 Å². The van der Waals surface area contributed by atoms with E-state index in [1.807, 2.05) is 13.1 Å². The highest BCUT2D eigenvalue weighted by molar-refractivity contribution is 8.23. The van der Waals surface area contributed by atoms with Crippen molar-refractivity contribution in [3.05, 3.63) is 69.8 Å². The van der Waals surface area contributed by atoms with Crippen LogP contribution in [-0.4, -0.2) is 57.7 Å². The zero-order valence-corrected chi connectivity index (χ0v) is 27.2. The summed E-state index contributed by atoms with van der Waals surface area (Å²) in [5, 5.41) is 9.78. The molecule has 0 bridgehead atoms. The Morgan fingerprint density at radius 1 is 1.12 bits per heavy atom. The standard InChI is InChI=1S/C28H33N3O9S2Si/c1-16(40-43(5,6)28(2,3)4)21-23(33)30(24(34)26(35)38-15-17-7-11-19(12-8-17)31(36)37)25(21)42-27(41)39-20-13-9-18(10-14-20)22(29)32/h7-14,16,21,25H,15H2,1-6H3,(H2,29,32)/t16-,21+,25-/m1/s1. The number of amides is 3. The highest BCUT2D eigenvalue weighted by atomic mass is 32.2. The number of nitrogens with zero attached hydrogens (tertiary/aromatic N) is 2. The van der Waals surface area contributed by atoms with Gasteiger partial charge in [0.15, 0.2) is 8.32 Å². The number of nitrogens with two attached hydrogens (primary N) is 1. The van der Waals surface area contributed by atoms with Gasteiger partial charge in [0.2, 0.25) is 16.2 Å². The lowest BCUT2D eigenvalue weighted by atomic mass is 9.92. The number of thioether (sulfide) groups is 1. The molecule has 3 atom stereocenters. The highest BCUT2D eigenvalue weighted by Gasteiger charge is 2.57. The first-order valence-electron chi connectivity index (χ1n) is 13.2. The summed E-state index contributed by atoms with van der Waals surface area (Å²) in [6, 6.07) is 11.2. The first-order valence-corrected chi connectivity index (χ1v) is 17.4. The Kier molecular flexibility index (Phi) is 10.5. The number of likely N-dealkylation sites (tertiary alicyclic amines) is 1. The zero-order chi connectivity index (χ0) is 32.3. The van der Waals surface area contributed by atoms with Crippen molar-refractivity contribution in [2.24, 2.45) is 11.7 Å². The summed E-state index contributed by atoms with van der Waals surface area (Å²) in [4.78, 5) is 61.6. The van der Waals surface area contributed by atoms with E-state index < -0.39 is 54.3 Å². The van der Waals surface area contributed by atoms with Gasteiger partial charge in [-0.3, -0.25) is 29.4 Å². The molecule has 1 aliphatic rings. The molecular formula is C28H33N3O9S2Si. The number of hydrogen-bond donors (Lipinski definition) is 1. The van der Waals surface area contributed by atoms with Gasteiger partial charge in [0.05, 0.1) is 16.9 Å². The van der Waals surface area contributed by atoms with Crippen molar-refractivity contribution in [1.82, 2.24) is 4.90 Å². The van der Waals surface area contributed by atoms with E-state index in [1.165, 1.54) is 48.5 Å². The van der Waals surface area contributed by atoms with Gasteiger partial charge < -0.3 is 19.6 Å². The highest BCUT2D eigenvalue weighted by Crippen LogP contribution is 2.43. The van der Waals surface area contributed by atoms with E-state index in [-0.39, 0.29) is 27.3 Å². The number of non-ortho nitro benzene ring substituents is 1. The van der Waals surface area contributed by atoms with E-state index in [1.54, 1.807) is 6.92 Å². The number of carbonyl (C=O) groups excluding carboxylic acids is 4. The Morgan fingerprint density at radius 3 is 2.21 bits per heavy atom. The van der Waals surface area contributed by atoms with Crippen LogP contribution in [-0.2, 0) is 30.2 Å². The van der Waals surface area contributed by atoms with Gasteiger partial charge >= 0.3 is 11.9 Å². The second-order valence-electron chi connectivity index (χ2n) is 11.4. The van der Waals surface area contributed by atoms with Crippen molar-refractivity contribution in [2.75, 3.05) is 0 Å². The number of imide groups is 1. The molecule has 2 aromatic carbocycles. The largest absolute Gasteiger partial charge is 0.454 e. The van der Waals surface area contributed by atoms with Gasteiger partial charge in [-0.1, -0.05) is 20.8 Å². The van der Waals surface area contributed by atoms with E-state index in [4.69, 9.17) is 31.9 Å². The quantitative estimate of drug-likeness (QED) is 0.0771. The third kappa shape index (κ3) is 8.04. The third-order valence-corrected chi connectivity index (χ3v) is 13.3. The molecule has 12 nitrogen and oxygen atoms in total. The smallest absolute Gasteiger partial charge is 0.397 e. The molecule has 1 aliphatic heterocycles.